The second kappa shape index (κ2) is 14.4. The van der Waals surface area contributed by atoms with Gasteiger partial charge in [-0.25, -0.2) is 9.36 Å². The number of carbonyl (C=O) groups excluding carboxylic acids is 1. The normalized spacial score (nSPS) is 13.9. The lowest BCUT2D eigenvalue weighted by molar-refractivity contribution is -0.671. The molecular weight excluding hydrogens is 472 g/mol. The molecule has 3 rings (SSSR count). The summed E-state index contributed by atoms with van der Waals surface area (Å²) in [7, 11) is 5.08. The molecule has 1 aromatic carbocycles. The predicted molar refractivity (Wildman–Crippen MR) is 145 cm³/mol. The van der Waals surface area contributed by atoms with Crippen molar-refractivity contribution in [2.75, 3.05) is 63.6 Å². The molecule has 2 heterocycles. The number of unbranched alkanes of at least 4 members (excludes halogenated alkanes) is 2. The van der Waals surface area contributed by atoms with E-state index in [0.29, 0.717) is 43.4 Å². The number of hydrogen-bond donors (Lipinski definition) is 0. The van der Waals surface area contributed by atoms with Gasteiger partial charge in [-0.2, -0.15) is 5.10 Å². The maximum atomic E-state index is 12.7. The van der Waals surface area contributed by atoms with Crippen molar-refractivity contribution in [3.63, 3.8) is 0 Å². The quantitative estimate of drug-likeness (QED) is 0.133. The zero-order chi connectivity index (χ0) is 26.6. The average molecular weight is 514 g/mol. The molecule has 1 aromatic heterocycles. The van der Waals surface area contributed by atoms with Crippen molar-refractivity contribution in [2.24, 2.45) is 12.1 Å². The summed E-state index contributed by atoms with van der Waals surface area (Å²) < 4.78 is 25.0. The summed E-state index contributed by atoms with van der Waals surface area (Å²) in [5.41, 5.74) is 2.56. The Morgan fingerprint density at radius 2 is 1.68 bits per heavy atom. The zero-order valence-electron chi connectivity index (χ0n) is 22.9. The summed E-state index contributed by atoms with van der Waals surface area (Å²) in [6.45, 7) is 8.38. The van der Waals surface area contributed by atoms with Gasteiger partial charge in [0.1, 0.15) is 24.2 Å². The lowest BCUT2D eigenvalue weighted by atomic mass is 10.1. The van der Waals surface area contributed by atoms with Crippen LogP contribution < -0.4 is 23.9 Å². The molecule has 202 valence electrons. The average Bonchev–Trinajstić information content (AvgIpc) is 2.92. The summed E-state index contributed by atoms with van der Waals surface area (Å²) in [4.78, 5) is 15.0. The third kappa shape index (κ3) is 7.82. The van der Waals surface area contributed by atoms with E-state index in [4.69, 9.17) is 18.9 Å². The number of rotatable bonds is 13. The lowest BCUT2D eigenvalue weighted by Crippen LogP contribution is -2.36. The largest absolute Gasteiger partial charge is 0.491 e. The Morgan fingerprint density at radius 3 is 2.27 bits per heavy atom. The van der Waals surface area contributed by atoms with E-state index >= 15 is 0 Å². The van der Waals surface area contributed by atoms with Crippen molar-refractivity contribution in [3.05, 3.63) is 42.2 Å². The van der Waals surface area contributed by atoms with Crippen LogP contribution in [0.1, 0.15) is 45.1 Å². The Hall–Kier alpha value is -3.33. The van der Waals surface area contributed by atoms with Crippen LogP contribution in [-0.2, 0) is 21.3 Å². The van der Waals surface area contributed by atoms with Crippen molar-refractivity contribution in [3.8, 4) is 11.5 Å². The van der Waals surface area contributed by atoms with E-state index in [1.54, 1.807) is 12.1 Å². The number of ether oxygens (including phenoxy) is 4. The van der Waals surface area contributed by atoms with Crippen LogP contribution in [-0.4, -0.2) is 65.4 Å². The number of morpholine rings is 1. The molecular formula is C28H41N4O5+. The molecule has 0 N–H and O–H groups in total. The molecule has 1 aliphatic rings. The fourth-order valence-electron chi connectivity index (χ4n) is 3.90. The molecule has 1 saturated heterocycles. The highest BCUT2D eigenvalue weighted by molar-refractivity contribution is 6.43. The smallest absolute Gasteiger partial charge is 0.359 e. The molecule has 0 unspecified atom stereocenters. The van der Waals surface area contributed by atoms with Gasteiger partial charge in [0.2, 0.25) is 0 Å². The number of esters is 1. The molecule has 0 atom stereocenters. The van der Waals surface area contributed by atoms with Gasteiger partial charge < -0.3 is 23.8 Å². The van der Waals surface area contributed by atoms with Gasteiger partial charge >= 0.3 is 5.97 Å². The molecule has 9 heteroatoms. The SMILES string of the molecule is CCCCOc1cc(N(C)/N=C(\C(=O)OC)c2cc[n+](C)cc2)c(OCCCC)cc1N1CCOCC1. The van der Waals surface area contributed by atoms with E-state index in [0.717, 1.165) is 50.2 Å². The highest BCUT2D eigenvalue weighted by Crippen LogP contribution is 2.41. The maximum Gasteiger partial charge on any atom is 0.359 e. The number of pyridine rings is 1. The zero-order valence-corrected chi connectivity index (χ0v) is 22.9. The van der Waals surface area contributed by atoms with Gasteiger partial charge in [0.15, 0.2) is 18.1 Å². The van der Waals surface area contributed by atoms with E-state index in [9.17, 15) is 4.79 Å². The van der Waals surface area contributed by atoms with E-state index in [-0.39, 0.29) is 5.71 Å². The standard InChI is InChI=1S/C28H41N4O5/c1-6-8-16-36-25-21-24(32-14-18-35-19-15-32)26(37-17-9-7-2)20-23(25)31(4)29-27(28(33)34-5)22-10-12-30(3)13-11-22/h10-13,20-21H,6-9,14-19H2,1-5H3/q+1. The number of nitrogens with zero attached hydrogens (tertiary/aromatic N) is 4. The third-order valence-electron chi connectivity index (χ3n) is 6.13. The summed E-state index contributed by atoms with van der Waals surface area (Å²) in [5.74, 6) is 0.938. The number of hydrogen-bond acceptors (Lipinski definition) is 8. The third-order valence-corrected chi connectivity index (χ3v) is 6.13. The van der Waals surface area contributed by atoms with Crippen LogP contribution in [0.25, 0.3) is 0 Å². The first-order chi connectivity index (χ1) is 18.0. The Bertz CT molecular complexity index is 1040. The molecule has 2 aromatic rings. The van der Waals surface area contributed by atoms with Crippen molar-refractivity contribution < 1.29 is 28.3 Å². The van der Waals surface area contributed by atoms with Crippen LogP contribution in [0.4, 0.5) is 11.4 Å². The van der Waals surface area contributed by atoms with Gasteiger partial charge in [-0.05, 0) is 12.8 Å². The Balaban J connectivity index is 2.07. The second-order valence-corrected chi connectivity index (χ2v) is 9.01. The molecule has 0 radical (unpaired) electrons. The highest BCUT2D eigenvalue weighted by atomic mass is 16.5. The first-order valence-electron chi connectivity index (χ1n) is 13.1. The van der Waals surface area contributed by atoms with E-state index in [1.165, 1.54) is 7.11 Å². The fourth-order valence-corrected chi connectivity index (χ4v) is 3.90. The van der Waals surface area contributed by atoms with Crippen molar-refractivity contribution >= 4 is 23.1 Å². The Morgan fingerprint density at radius 1 is 1.05 bits per heavy atom. The number of hydrazone groups is 1. The Kier molecular flexibility index (Phi) is 11.0. The van der Waals surface area contributed by atoms with Crippen molar-refractivity contribution in [2.45, 2.75) is 39.5 Å². The summed E-state index contributed by atoms with van der Waals surface area (Å²) in [6, 6.07) is 7.67. The highest BCUT2D eigenvalue weighted by Gasteiger charge is 2.23. The molecule has 1 fully saturated rings. The number of carbonyl (C=O) groups is 1. The maximum absolute atomic E-state index is 12.7. The van der Waals surface area contributed by atoms with Crippen molar-refractivity contribution in [1.82, 2.24) is 0 Å². The monoisotopic (exact) mass is 513 g/mol. The summed E-state index contributed by atoms with van der Waals surface area (Å²) >= 11 is 0. The van der Waals surface area contributed by atoms with Gasteiger partial charge in [-0.1, -0.05) is 26.7 Å². The molecule has 0 amide bonds. The Labute approximate surface area is 220 Å². The van der Waals surface area contributed by atoms with Crippen LogP contribution >= 0.6 is 0 Å². The summed E-state index contributed by atoms with van der Waals surface area (Å²) in [5, 5.41) is 6.35. The van der Waals surface area contributed by atoms with Gasteiger partial charge in [0, 0.05) is 50.0 Å². The minimum Gasteiger partial charge on any atom is -0.491 e. The molecule has 1 aliphatic heterocycles. The van der Waals surface area contributed by atoms with Gasteiger partial charge in [0.05, 0.1) is 39.2 Å². The molecule has 0 spiro atoms. The number of aryl methyl sites for hydroxylation is 1. The number of aromatic nitrogens is 1. The van der Waals surface area contributed by atoms with Crippen LogP contribution in [0.15, 0.2) is 41.8 Å². The van der Waals surface area contributed by atoms with E-state index in [2.05, 4.69) is 23.8 Å². The van der Waals surface area contributed by atoms with Crippen LogP contribution in [0.3, 0.4) is 0 Å². The second-order valence-electron chi connectivity index (χ2n) is 9.01. The number of methoxy groups -OCH3 is 1. The van der Waals surface area contributed by atoms with E-state index in [1.807, 2.05) is 48.3 Å². The lowest BCUT2D eigenvalue weighted by Gasteiger charge is -2.31. The summed E-state index contributed by atoms with van der Waals surface area (Å²) in [6.07, 6.45) is 7.68. The molecule has 9 nitrogen and oxygen atoms in total. The van der Waals surface area contributed by atoms with Crippen molar-refractivity contribution in [1.29, 1.82) is 0 Å². The van der Waals surface area contributed by atoms with E-state index < -0.39 is 5.97 Å². The minimum atomic E-state index is -0.515. The topological polar surface area (TPSA) is 76.7 Å². The number of anilines is 2. The molecule has 0 saturated carbocycles. The predicted octanol–water partition coefficient (Wildman–Crippen LogP) is 3.72. The van der Waals surface area contributed by atoms with Gasteiger partial charge in [0.25, 0.3) is 0 Å². The fraction of sp³-hybridized carbons (Fsp3) is 0.536. The van der Waals surface area contributed by atoms with Gasteiger partial charge in [-0.3, -0.25) is 5.01 Å². The van der Waals surface area contributed by atoms with Gasteiger partial charge in [-0.15, -0.1) is 0 Å². The van der Waals surface area contributed by atoms with Crippen LogP contribution in [0, 0.1) is 0 Å². The molecule has 0 aliphatic carbocycles. The first kappa shape index (κ1) is 28.2. The van der Waals surface area contributed by atoms with Crippen LogP contribution in [0.5, 0.6) is 11.5 Å². The van der Waals surface area contributed by atoms with Crippen LogP contribution in [0.2, 0.25) is 0 Å². The first-order valence-corrected chi connectivity index (χ1v) is 13.1. The minimum absolute atomic E-state index is 0.204. The molecule has 0 bridgehead atoms. The number of benzene rings is 1. The molecule has 37 heavy (non-hydrogen) atoms.